The third kappa shape index (κ3) is 14.0. The molecule has 4 amide bonds. The molecule has 0 aliphatic carbocycles. The predicted octanol–water partition coefficient (Wildman–Crippen LogP) is 1.82. The van der Waals surface area contributed by atoms with Crippen LogP contribution in [0.15, 0.2) is 94.2 Å². The molecular weight excluding hydrogens is 688 g/mol. The van der Waals surface area contributed by atoms with Gasteiger partial charge in [-0.3, -0.25) is 38.3 Å². The van der Waals surface area contributed by atoms with Gasteiger partial charge in [0.1, 0.15) is 25.3 Å². The van der Waals surface area contributed by atoms with Gasteiger partial charge in [0.25, 0.3) is 0 Å². The van der Waals surface area contributed by atoms with E-state index in [9.17, 15) is 33.6 Å². The molecule has 0 saturated heterocycles. The maximum atomic E-state index is 13.7. The quantitative estimate of drug-likeness (QED) is 0.0651. The molecule has 0 aliphatic heterocycles. The van der Waals surface area contributed by atoms with Crippen molar-refractivity contribution in [1.29, 1.82) is 0 Å². The van der Waals surface area contributed by atoms with Gasteiger partial charge in [-0.15, -0.1) is 0 Å². The van der Waals surface area contributed by atoms with Gasteiger partial charge in [-0.2, -0.15) is 0 Å². The van der Waals surface area contributed by atoms with Gasteiger partial charge in [-0.1, -0.05) is 65.8 Å². The third-order valence-corrected chi connectivity index (χ3v) is 7.49. The third-order valence-electron chi connectivity index (χ3n) is 7.49. The molecule has 3 aromatic carbocycles. The number of nitrogens with zero attached hydrogens (tertiary/aromatic N) is 1. The number of ketones is 1. The zero-order valence-corrected chi connectivity index (χ0v) is 28.9. The lowest BCUT2D eigenvalue weighted by atomic mass is 10.0. The highest BCUT2D eigenvalue weighted by Crippen LogP contribution is 2.17. The topological polar surface area (TPSA) is 228 Å². The van der Waals surface area contributed by atoms with Gasteiger partial charge >= 0.3 is 11.7 Å². The van der Waals surface area contributed by atoms with E-state index in [-0.39, 0.29) is 57.2 Å². The lowest BCUT2D eigenvalue weighted by Crippen LogP contribution is -2.55. The monoisotopic (exact) mass is 728 g/mol. The number of amides is 4. The summed E-state index contributed by atoms with van der Waals surface area (Å²) >= 11 is 0. The van der Waals surface area contributed by atoms with Crippen molar-refractivity contribution in [2.45, 2.75) is 51.3 Å². The van der Waals surface area contributed by atoms with E-state index in [0.29, 0.717) is 16.8 Å². The summed E-state index contributed by atoms with van der Waals surface area (Å²) in [6, 6.07) is 21.6. The fraction of sp³-hybridized carbons (Fsp3) is 0.297. The standard InChI is InChI=1S/C37H40N6O10/c1-24(44)22-51-19-18-38-35(48)29(20-25-8-4-2-5-9-25)41-36(49)30(21-33(47)52-23-26-10-6-3-7-11-26)40-32(46)17-16-31(45)39-28-14-12-27(13-15-28)34-42-37(50)53-43-34/h2-15,29-30H,16-23H2,1H3,(H,38,48)(H,39,45)(H,40,46)(H,41,49)(H,42,43,50)/t29-,30-/m0/s1. The van der Waals surface area contributed by atoms with Crippen molar-refractivity contribution in [3.8, 4) is 11.4 Å². The van der Waals surface area contributed by atoms with E-state index in [1.165, 1.54) is 6.92 Å². The summed E-state index contributed by atoms with van der Waals surface area (Å²) in [5.41, 5.74) is 2.41. The van der Waals surface area contributed by atoms with E-state index in [1.807, 2.05) is 6.07 Å². The number of aromatic nitrogens is 2. The highest BCUT2D eigenvalue weighted by Gasteiger charge is 2.29. The molecule has 0 aliphatic rings. The van der Waals surface area contributed by atoms with Crippen molar-refractivity contribution in [3.05, 3.63) is 107 Å². The number of esters is 1. The Bertz CT molecular complexity index is 1890. The van der Waals surface area contributed by atoms with Crippen LogP contribution in [0.4, 0.5) is 5.69 Å². The van der Waals surface area contributed by atoms with Crippen molar-refractivity contribution in [1.82, 2.24) is 26.1 Å². The molecule has 4 rings (SSSR count). The second-order valence-electron chi connectivity index (χ2n) is 11.8. The Hall–Kier alpha value is -6.42. The number of carbonyl (C=O) groups excluding carboxylic acids is 6. The van der Waals surface area contributed by atoms with Crippen LogP contribution in [-0.4, -0.2) is 77.4 Å². The molecule has 5 N–H and O–H groups in total. The summed E-state index contributed by atoms with van der Waals surface area (Å²) in [4.78, 5) is 90.3. The van der Waals surface area contributed by atoms with E-state index in [1.54, 1.807) is 78.9 Å². The van der Waals surface area contributed by atoms with Gasteiger partial charge in [-0.25, -0.2) is 4.79 Å². The first-order valence-electron chi connectivity index (χ1n) is 16.7. The minimum absolute atomic E-state index is 0.0625. The zero-order valence-electron chi connectivity index (χ0n) is 28.9. The van der Waals surface area contributed by atoms with Crippen LogP contribution in [-0.2, 0) is 51.3 Å². The van der Waals surface area contributed by atoms with Gasteiger partial charge < -0.3 is 30.7 Å². The highest BCUT2D eigenvalue weighted by atomic mass is 16.5. The van der Waals surface area contributed by atoms with E-state index in [4.69, 9.17) is 9.47 Å². The predicted molar refractivity (Wildman–Crippen MR) is 190 cm³/mol. The number of H-pyrrole nitrogens is 1. The summed E-state index contributed by atoms with van der Waals surface area (Å²) in [6.07, 6.45) is -1.06. The van der Waals surface area contributed by atoms with Crippen molar-refractivity contribution in [2.75, 3.05) is 25.1 Å². The maximum absolute atomic E-state index is 13.7. The minimum atomic E-state index is -1.45. The number of rotatable bonds is 20. The summed E-state index contributed by atoms with van der Waals surface area (Å²) in [6.45, 7) is 1.33. The Morgan fingerprint density at radius 3 is 2.09 bits per heavy atom. The van der Waals surface area contributed by atoms with Crippen LogP contribution in [0.5, 0.6) is 0 Å². The van der Waals surface area contributed by atoms with E-state index < -0.39 is 53.9 Å². The normalized spacial score (nSPS) is 11.8. The van der Waals surface area contributed by atoms with Crippen LogP contribution in [0.25, 0.3) is 11.4 Å². The average Bonchev–Trinajstić information content (AvgIpc) is 3.59. The minimum Gasteiger partial charge on any atom is -0.461 e. The molecule has 0 bridgehead atoms. The second kappa shape index (κ2) is 20.4. The largest absolute Gasteiger partial charge is 0.461 e. The summed E-state index contributed by atoms with van der Waals surface area (Å²) < 4.78 is 15.1. The van der Waals surface area contributed by atoms with E-state index in [0.717, 1.165) is 5.56 Å². The van der Waals surface area contributed by atoms with Crippen LogP contribution in [0.2, 0.25) is 0 Å². The molecule has 0 spiro atoms. The number of ether oxygens (including phenoxy) is 2. The van der Waals surface area contributed by atoms with Crippen molar-refractivity contribution >= 4 is 41.1 Å². The molecule has 4 aromatic rings. The number of anilines is 1. The van der Waals surface area contributed by atoms with Crippen LogP contribution < -0.4 is 27.0 Å². The number of benzene rings is 3. The molecule has 16 heteroatoms. The Labute approximate surface area is 304 Å². The van der Waals surface area contributed by atoms with Crippen LogP contribution in [0.1, 0.15) is 37.3 Å². The molecule has 1 heterocycles. The molecule has 53 heavy (non-hydrogen) atoms. The van der Waals surface area contributed by atoms with Gasteiger partial charge in [0.15, 0.2) is 11.6 Å². The van der Waals surface area contributed by atoms with E-state index >= 15 is 0 Å². The number of Topliss-reactive ketones (excluding diaryl/α,β-unsaturated/α-hetero) is 1. The van der Waals surface area contributed by atoms with Gasteiger partial charge in [-0.05, 0) is 42.3 Å². The Morgan fingerprint density at radius 1 is 0.792 bits per heavy atom. The molecule has 0 radical (unpaired) electrons. The van der Waals surface area contributed by atoms with Gasteiger partial charge in [0, 0.05) is 37.1 Å². The van der Waals surface area contributed by atoms with Crippen LogP contribution >= 0.6 is 0 Å². The zero-order chi connectivity index (χ0) is 38.0. The number of aromatic amines is 1. The smallest absolute Gasteiger partial charge is 0.439 e. The Balaban J connectivity index is 1.39. The molecule has 16 nitrogen and oxygen atoms in total. The molecule has 0 fully saturated rings. The fourth-order valence-corrected chi connectivity index (χ4v) is 4.87. The van der Waals surface area contributed by atoms with Crippen molar-refractivity contribution < 1.29 is 42.8 Å². The Morgan fingerprint density at radius 2 is 1.45 bits per heavy atom. The Kier molecular flexibility index (Phi) is 15.2. The number of nitrogens with one attached hydrogen (secondary N) is 5. The molecule has 278 valence electrons. The lowest BCUT2D eigenvalue weighted by molar-refractivity contribution is -0.147. The van der Waals surface area contributed by atoms with Crippen LogP contribution in [0.3, 0.4) is 0 Å². The summed E-state index contributed by atoms with van der Waals surface area (Å²) in [7, 11) is 0. The lowest BCUT2D eigenvalue weighted by Gasteiger charge is -2.23. The molecule has 0 unspecified atom stereocenters. The van der Waals surface area contributed by atoms with E-state index in [2.05, 4.69) is 35.9 Å². The first-order chi connectivity index (χ1) is 25.5. The molecule has 2 atom stereocenters. The highest BCUT2D eigenvalue weighted by molar-refractivity contribution is 5.96. The van der Waals surface area contributed by atoms with Gasteiger partial charge in [0.2, 0.25) is 23.6 Å². The summed E-state index contributed by atoms with van der Waals surface area (Å²) in [5, 5.41) is 14.1. The second-order valence-corrected chi connectivity index (χ2v) is 11.8. The van der Waals surface area contributed by atoms with Gasteiger partial charge in [0.05, 0.1) is 13.0 Å². The molecule has 0 saturated carbocycles. The number of hydrogen-bond donors (Lipinski definition) is 5. The summed E-state index contributed by atoms with van der Waals surface area (Å²) in [5.74, 6) is -4.02. The number of hydrogen-bond acceptors (Lipinski definition) is 11. The first kappa shape index (κ1) is 39.4. The SMILES string of the molecule is CC(=O)COCCNC(=O)[C@H](Cc1ccccc1)NC(=O)[C@H](CC(=O)OCc1ccccc1)NC(=O)CCC(=O)Nc1ccc(-c2noc(=O)[nH]2)cc1. The van der Waals surface area contributed by atoms with Crippen LogP contribution in [0, 0.1) is 0 Å². The molecule has 1 aromatic heterocycles. The first-order valence-corrected chi connectivity index (χ1v) is 16.7. The van der Waals surface area contributed by atoms with Crippen molar-refractivity contribution in [3.63, 3.8) is 0 Å². The average molecular weight is 729 g/mol. The fourth-order valence-electron chi connectivity index (χ4n) is 4.87. The number of carbonyl (C=O) groups is 6. The molecular formula is C37H40N6O10. The maximum Gasteiger partial charge on any atom is 0.439 e. The van der Waals surface area contributed by atoms with Crippen molar-refractivity contribution in [2.24, 2.45) is 0 Å².